The summed E-state index contributed by atoms with van der Waals surface area (Å²) in [6, 6.07) is 6.51. The molecule has 1 aliphatic rings. The quantitative estimate of drug-likeness (QED) is 0.812. The van der Waals surface area contributed by atoms with Crippen molar-refractivity contribution in [2.24, 2.45) is 11.5 Å². The van der Waals surface area contributed by atoms with Gasteiger partial charge in [0.05, 0.1) is 6.04 Å². The molecule has 5 nitrogen and oxygen atoms in total. The van der Waals surface area contributed by atoms with Crippen molar-refractivity contribution in [1.82, 2.24) is 4.90 Å². The SMILES string of the molecule is CC(N)C(=O)N1Cc2ccccc2CC1C(N)=O.Cl. The highest BCUT2D eigenvalue weighted by atomic mass is 35.5. The summed E-state index contributed by atoms with van der Waals surface area (Å²) in [6.45, 7) is 2.01. The zero-order valence-corrected chi connectivity index (χ0v) is 11.5. The normalized spacial score (nSPS) is 19.1. The zero-order chi connectivity index (χ0) is 13.3. The van der Waals surface area contributed by atoms with Crippen LogP contribution in [-0.2, 0) is 22.6 Å². The minimum atomic E-state index is -0.628. The first-order valence-electron chi connectivity index (χ1n) is 5.93. The van der Waals surface area contributed by atoms with Gasteiger partial charge in [-0.25, -0.2) is 0 Å². The Hall–Kier alpha value is -1.59. The van der Waals surface area contributed by atoms with Gasteiger partial charge in [-0.15, -0.1) is 12.4 Å². The van der Waals surface area contributed by atoms with E-state index < -0.39 is 18.0 Å². The molecular formula is C13H18ClN3O2. The Labute approximate surface area is 118 Å². The van der Waals surface area contributed by atoms with Crippen LogP contribution in [0, 0.1) is 0 Å². The average molecular weight is 284 g/mol. The van der Waals surface area contributed by atoms with Gasteiger partial charge in [-0.2, -0.15) is 0 Å². The molecule has 0 bridgehead atoms. The topological polar surface area (TPSA) is 89.4 Å². The van der Waals surface area contributed by atoms with Gasteiger partial charge in [-0.05, 0) is 18.1 Å². The summed E-state index contributed by atoms with van der Waals surface area (Å²) >= 11 is 0. The summed E-state index contributed by atoms with van der Waals surface area (Å²) < 4.78 is 0. The third-order valence-corrected chi connectivity index (χ3v) is 3.25. The monoisotopic (exact) mass is 283 g/mol. The van der Waals surface area contributed by atoms with Crippen molar-refractivity contribution in [3.05, 3.63) is 35.4 Å². The van der Waals surface area contributed by atoms with Crippen molar-refractivity contribution in [3.8, 4) is 0 Å². The van der Waals surface area contributed by atoms with Gasteiger partial charge >= 0.3 is 0 Å². The number of nitrogens with zero attached hydrogens (tertiary/aromatic N) is 1. The number of benzene rings is 1. The zero-order valence-electron chi connectivity index (χ0n) is 10.7. The number of carbonyl (C=O) groups is 2. The van der Waals surface area contributed by atoms with Crippen LogP contribution < -0.4 is 11.5 Å². The van der Waals surface area contributed by atoms with Crippen molar-refractivity contribution in [2.75, 3.05) is 0 Å². The maximum absolute atomic E-state index is 12.0. The van der Waals surface area contributed by atoms with E-state index >= 15 is 0 Å². The molecule has 0 spiro atoms. The Morgan fingerprint density at radius 1 is 1.32 bits per heavy atom. The summed E-state index contributed by atoms with van der Waals surface area (Å²) in [5.74, 6) is -0.730. The number of carbonyl (C=O) groups excluding carboxylic acids is 2. The molecule has 0 aromatic heterocycles. The van der Waals surface area contributed by atoms with Crippen LogP contribution in [0.25, 0.3) is 0 Å². The summed E-state index contributed by atoms with van der Waals surface area (Å²) in [4.78, 5) is 25.0. The molecule has 1 heterocycles. The highest BCUT2D eigenvalue weighted by Gasteiger charge is 2.34. The number of hydrogen-bond donors (Lipinski definition) is 2. The number of rotatable bonds is 2. The predicted molar refractivity (Wildman–Crippen MR) is 74.6 cm³/mol. The number of halogens is 1. The van der Waals surface area contributed by atoms with Gasteiger partial charge in [-0.1, -0.05) is 24.3 Å². The molecule has 0 aliphatic carbocycles. The number of hydrogen-bond acceptors (Lipinski definition) is 3. The number of nitrogens with two attached hydrogens (primary N) is 2. The summed E-state index contributed by atoms with van der Waals surface area (Å²) in [5, 5.41) is 0. The number of primary amides is 1. The molecule has 1 aromatic rings. The van der Waals surface area contributed by atoms with Crippen molar-refractivity contribution in [3.63, 3.8) is 0 Å². The average Bonchev–Trinajstić information content (AvgIpc) is 2.36. The van der Waals surface area contributed by atoms with E-state index in [4.69, 9.17) is 11.5 Å². The number of fused-ring (bicyclic) bond motifs is 1. The molecule has 0 saturated carbocycles. The summed E-state index contributed by atoms with van der Waals surface area (Å²) in [7, 11) is 0. The fourth-order valence-electron chi connectivity index (χ4n) is 2.27. The first-order chi connectivity index (χ1) is 8.50. The minimum Gasteiger partial charge on any atom is -0.368 e. The standard InChI is InChI=1S/C13H17N3O2.ClH/c1-8(14)13(18)16-7-10-5-3-2-4-9(10)6-11(16)12(15)17;/h2-5,8,11H,6-7,14H2,1H3,(H2,15,17);1H. The van der Waals surface area contributed by atoms with E-state index in [0.717, 1.165) is 11.1 Å². The highest BCUT2D eigenvalue weighted by molar-refractivity contribution is 5.89. The molecule has 2 rings (SSSR count). The van der Waals surface area contributed by atoms with Gasteiger partial charge in [0, 0.05) is 13.0 Å². The largest absolute Gasteiger partial charge is 0.368 e. The van der Waals surface area contributed by atoms with Crippen molar-refractivity contribution in [1.29, 1.82) is 0 Å². The van der Waals surface area contributed by atoms with Crippen LogP contribution in [0.4, 0.5) is 0 Å². The highest BCUT2D eigenvalue weighted by Crippen LogP contribution is 2.23. The molecule has 1 aliphatic heterocycles. The van der Waals surface area contributed by atoms with E-state index in [1.165, 1.54) is 4.90 Å². The van der Waals surface area contributed by atoms with Crippen LogP contribution in [0.1, 0.15) is 18.1 Å². The molecule has 0 radical (unpaired) electrons. The van der Waals surface area contributed by atoms with Gasteiger partial charge in [0.25, 0.3) is 0 Å². The van der Waals surface area contributed by atoms with E-state index in [-0.39, 0.29) is 18.3 Å². The fraction of sp³-hybridized carbons (Fsp3) is 0.385. The first-order valence-corrected chi connectivity index (χ1v) is 5.93. The van der Waals surface area contributed by atoms with Gasteiger partial charge < -0.3 is 16.4 Å². The lowest BCUT2D eigenvalue weighted by atomic mass is 9.93. The van der Waals surface area contributed by atoms with E-state index in [1.807, 2.05) is 24.3 Å². The van der Waals surface area contributed by atoms with Gasteiger partial charge in [0.1, 0.15) is 6.04 Å². The molecule has 0 fully saturated rings. The van der Waals surface area contributed by atoms with E-state index in [0.29, 0.717) is 13.0 Å². The molecule has 6 heteroatoms. The Bertz CT molecular complexity index is 491. The fourth-order valence-corrected chi connectivity index (χ4v) is 2.27. The van der Waals surface area contributed by atoms with E-state index in [1.54, 1.807) is 6.92 Å². The van der Waals surface area contributed by atoms with Crippen LogP contribution in [0.3, 0.4) is 0 Å². The predicted octanol–water partition coefficient (Wildman–Crippen LogP) is 0.194. The second-order valence-corrected chi connectivity index (χ2v) is 4.65. The van der Waals surface area contributed by atoms with Crippen LogP contribution in [0.5, 0.6) is 0 Å². The van der Waals surface area contributed by atoms with Crippen molar-refractivity contribution in [2.45, 2.75) is 32.0 Å². The third-order valence-electron chi connectivity index (χ3n) is 3.25. The lowest BCUT2D eigenvalue weighted by Crippen LogP contribution is -2.54. The molecule has 2 atom stereocenters. The van der Waals surface area contributed by atoms with Crippen LogP contribution in [-0.4, -0.2) is 28.8 Å². The van der Waals surface area contributed by atoms with Gasteiger partial charge in [-0.3, -0.25) is 9.59 Å². The van der Waals surface area contributed by atoms with Crippen LogP contribution in [0.15, 0.2) is 24.3 Å². The van der Waals surface area contributed by atoms with E-state index in [9.17, 15) is 9.59 Å². The third kappa shape index (κ3) is 3.05. The molecule has 4 N–H and O–H groups in total. The molecular weight excluding hydrogens is 266 g/mol. The maximum Gasteiger partial charge on any atom is 0.240 e. The lowest BCUT2D eigenvalue weighted by molar-refractivity contribution is -0.141. The smallest absolute Gasteiger partial charge is 0.240 e. The summed E-state index contributed by atoms with van der Waals surface area (Å²) in [5.41, 5.74) is 13.1. The van der Waals surface area contributed by atoms with Crippen molar-refractivity contribution >= 4 is 24.2 Å². The van der Waals surface area contributed by atoms with Gasteiger partial charge in [0.2, 0.25) is 11.8 Å². The second-order valence-electron chi connectivity index (χ2n) is 4.65. The molecule has 1 aromatic carbocycles. The Kier molecular flexibility index (Phi) is 4.91. The molecule has 104 valence electrons. The van der Waals surface area contributed by atoms with Crippen LogP contribution >= 0.6 is 12.4 Å². The Balaban J connectivity index is 0.00000180. The van der Waals surface area contributed by atoms with Gasteiger partial charge in [0.15, 0.2) is 0 Å². The first kappa shape index (κ1) is 15.5. The van der Waals surface area contributed by atoms with Crippen molar-refractivity contribution < 1.29 is 9.59 Å². The molecule has 2 unspecified atom stereocenters. The molecule has 2 amide bonds. The molecule has 0 saturated heterocycles. The lowest BCUT2D eigenvalue weighted by Gasteiger charge is -2.36. The minimum absolute atomic E-state index is 0. The Morgan fingerprint density at radius 2 is 1.89 bits per heavy atom. The Morgan fingerprint density at radius 3 is 2.42 bits per heavy atom. The maximum atomic E-state index is 12.0. The van der Waals surface area contributed by atoms with Crippen LogP contribution in [0.2, 0.25) is 0 Å². The molecule has 19 heavy (non-hydrogen) atoms. The second kappa shape index (κ2) is 6.04. The number of amides is 2. The summed E-state index contributed by atoms with van der Waals surface area (Å²) in [6.07, 6.45) is 0.462. The van der Waals surface area contributed by atoms with E-state index in [2.05, 4.69) is 0 Å².